The molecule has 3 aliphatic heterocycles. The van der Waals surface area contributed by atoms with E-state index in [2.05, 4.69) is 26.6 Å². The second kappa shape index (κ2) is 11.2. The van der Waals surface area contributed by atoms with Crippen molar-refractivity contribution in [2.45, 2.75) is 53.5 Å². The number of nitrogens with zero attached hydrogens (tertiary/aromatic N) is 1. The number of para-hydroxylation sites is 2. The fourth-order valence-corrected chi connectivity index (χ4v) is 10.2. The quantitative estimate of drug-likeness (QED) is 0.275. The molecule has 2 aromatic rings. The standard InChI is InChI=1S/C28H31BrClN3O4S/c1-16-9-8-12-19(30)22(16)32-26(36)24-28-15-18(29)23(38-28)20(25(35)31-17-10-4-2-5-11-17)21(28)27(37)33(24)13-6-3-7-14-34/h2,4-5,8-12,18,20-21,23-24,34H,3,6-7,13-15H2,1H3,(H,31,35)(H,32,36)/t18?,20-,21+,23-,24?,28?/m1/s1. The molecule has 0 aromatic heterocycles. The van der Waals surface area contributed by atoms with Gasteiger partial charge in [-0.05, 0) is 56.4 Å². The first-order valence-electron chi connectivity index (χ1n) is 12.9. The number of carbonyl (C=O) groups excluding carboxylic acids is 3. The molecule has 3 saturated heterocycles. The van der Waals surface area contributed by atoms with Crippen molar-refractivity contribution in [2.75, 3.05) is 23.8 Å². The molecule has 3 aliphatic rings. The number of unbranched alkanes of at least 4 members (excludes halogenated alkanes) is 2. The second-order valence-corrected chi connectivity index (χ2v) is 13.4. The number of hydrogen-bond acceptors (Lipinski definition) is 5. The highest BCUT2D eigenvalue weighted by molar-refractivity contribution is 9.09. The molecule has 2 bridgehead atoms. The van der Waals surface area contributed by atoms with Crippen LogP contribution in [0.4, 0.5) is 11.4 Å². The zero-order valence-electron chi connectivity index (χ0n) is 21.0. The summed E-state index contributed by atoms with van der Waals surface area (Å²) in [6.45, 7) is 2.35. The third kappa shape index (κ3) is 4.76. The van der Waals surface area contributed by atoms with Gasteiger partial charge < -0.3 is 20.6 Å². The molecule has 3 unspecified atom stereocenters. The van der Waals surface area contributed by atoms with Gasteiger partial charge in [-0.3, -0.25) is 14.4 Å². The number of nitrogens with one attached hydrogen (secondary N) is 2. The Morgan fingerprint density at radius 3 is 2.58 bits per heavy atom. The van der Waals surface area contributed by atoms with E-state index < -0.39 is 22.6 Å². The molecule has 6 atom stereocenters. The van der Waals surface area contributed by atoms with Crippen molar-refractivity contribution < 1.29 is 19.5 Å². The minimum absolute atomic E-state index is 0.00485. The molecule has 0 radical (unpaired) electrons. The molecule has 5 rings (SSSR count). The van der Waals surface area contributed by atoms with Gasteiger partial charge in [-0.15, -0.1) is 11.8 Å². The van der Waals surface area contributed by atoms with Crippen molar-refractivity contribution in [1.29, 1.82) is 0 Å². The molecular formula is C28H31BrClN3O4S. The molecule has 1 spiro atoms. The fraction of sp³-hybridized carbons (Fsp3) is 0.464. The average molecular weight is 621 g/mol. The number of halogens is 2. The molecule has 3 heterocycles. The number of hydrogen-bond donors (Lipinski definition) is 3. The summed E-state index contributed by atoms with van der Waals surface area (Å²) in [6, 6.07) is 13.9. The number of aryl methyl sites for hydroxylation is 1. The Balaban J connectivity index is 1.48. The Kier molecular flexibility index (Phi) is 8.10. The summed E-state index contributed by atoms with van der Waals surface area (Å²) >= 11 is 11.8. The highest BCUT2D eigenvalue weighted by atomic mass is 79.9. The lowest BCUT2D eigenvalue weighted by atomic mass is 9.70. The number of amides is 3. The van der Waals surface area contributed by atoms with Gasteiger partial charge in [-0.25, -0.2) is 0 Å². The molecule has 0 aliphatic carbocycles. The number of thioether (sulfide) groups is 1. The van der Waals surface area contributed by atoms with E-state index >= 15 is 0 Å². The third-order valence-electron chi connectivity index (χ3n) is 7.91. The molecular weight excluding hydrogens is 590 g/mol. The van der Waals surface area contributed by atoms with Crippen molar-refractivity contribution in [2.24, 2.45) is 11.8 Å². The topological polar surface area (TPSA) is 98.7 Å². The molecule has 38 heavy (non-hydrogen) atoms. The van der Waals surface area contributed by atoms with Gasteiger partial charge in [0.15, 0.2) is 0 Å². The van der Waals surface area contributed by atoms with E-state index in [1.54, 1.807) is 22.7 Å². The zero-order chi connectivity index (χ0) is 27.0. The van der Waals surface area contributed by atoms with Gasteiger partial charge >= 0.3 is 0 Å². The van der Waals surface area contributed by atoms with E-state index in [-0.39, 0.29) is 34.4 Å². The molecule has 7 nitrogen and oxygen atoms in total. The summed E-state index contributed by atoms with van der Waals surface area (Å²) in [5, 5.41) is 15.6. The summed E-state index contributed by atoms with van der Waals surface area (Å²) < 4.78 is -0.731. The first-order chi connectivity index (χ1) is 18.3. The van der Waals surface area contributed by atoms with Crippen LogP contribution in [0.5, 0.6) is 0 Å². The normalized spacial score (nSPS) is 29.4. The maximum absolute atomic E-state index is 14.1. The van der Waals surface area contributed by atoms with Gasteiger partial charge in [0.2, 0.25) is 17.7 Å². The largest absolute Gasteiger partial charge is 0.396 e. The SMILES string of the molecule is Cc1cccc(Cl)c1NC(=O)C1N(CCCCCO)C(=O)[C@@H]2[C@@H](C(=O)Nc3ccccc3)[C@@H]3SC12CC3Br. The molecule has 3 fully saturated rings. The Morgan fingerprint density at radius 2 is 1.87 bits per heavy atom. The predicted octanol–water partition coefficient (Wildman–Crippen LogP) is 4.85. The minimum atomic E-state index is -0.741. The van der Waals surface area contributed by atoms with Gasteiger partial charge in [0, 0.05) is 28.9 Å². The number of aliphatic hydroxyl groups is 1. The van der Waals surface area contributed by atoms with Crippen LogP contribution in [0.2, 0.25) is 5.02 Å². The van der Waals surface area contributed by atoms with E-state index in [0.717, 1.165) is 12.0 Å². The Labute approximate surface area is 240 Å². The highest BCUT2D eigenvalue weighted by Crippen LogP contribution is 2.67. The summed E-state index contributed by atoms with van der Waals surface area (Å²) in [5.41, 5.74) is 2.05. The molecule has 3 N–H and O–H groups in total. The molecule has 3 amide bonds. The van der Waals surface area contributed by atoms with Crippen LogP contribution in [0.25, 0.3) is 0 Å². The Hall–Kier alpha value is -2.07. The lowest BCUT2D eigenvalue weighted by Gasteiger charge is -2.35. The van der Waals surface area contributed by atoms with E-state index in [4.69, 9.17) is 11.6 Å². The summed E-state index contributed by atoms with van der Waals surface area (Å²) in [5.74, 6) is -1.79. The minimum Gasteiger partial charge on any atom is -0.396 e. The van der Waals surface area contributed by atoms with Crippen molar-refractivity contribution in [1.82, 2.24) is 4.90 Å². The van der Waals surface area contributed by atoms with E-state index in [1.807, 2.05) is 49.4 Å². The zero-order valence-corrected chi connectivity index (χ0v) is 24.2. The van der Waals surface area contributed by atoms with Crippen LogP contribution in [0.15, 0.2) is 48.5 Å². The number of carbonyl (C=O) groups is 3. The summed E-state index contributed by atoms with van der Waals surface area (Å²) in [4.78, 5) is 43.4. The molecule has 0 saturated carbocycles. The number of fused-ring (bicyclic) bond motifs is 1. The maximum atomic E-state index is 14.1. The van der Waals surface area contributed by atoms with Crippen molar-refractivity contribution >= 4 is 68.4 Å². The maximum Gasteiger partial charge on any atom is 0.248 e. The molecule has 10 heteroatoms. The number of alkyl halides is 1. The van der Waals surface area contributed by atoms with Crippen molar-refractivity contribution in [3.63, 3.8) is 0 Å². The lowest BCUT2D eigenvalue weighted by molar-refractivity contribution is -0.138. The number of rotatable bonds is 9. The van der Waals surface area contributed by atoms with Crippen LogP contribution in [-0.2, 0) is 14.4 Å². The van der Waals surface area contributed by atoms with Crippen LogP contribution < -0.4 is 10.6 Å². The first kappa shape index (κ1) is 27.5. The van der Waals surface area contributed by atoms with Gasteiger partial charge in [0.25, 0.3) is 0 Å². The fourth-order valence-electron chi connectivity index (χ4n) is 6.27. The van der Waals surface area contributed by atoms with Crippen molar-refractivity contribution in [3.05, 3.63) is 59.1 Å². The average Bonchev–Trinajstić information content (AvgIpc) is 3.48. The molecule has 202 valence electrons. The Bertz CT molecular complexity index is 1210. The van der Waals surface area contributed by atoms with E-state index in [0.29, 0.717) is 42.2 Å². The number of benzene rings is 2. The number of likely N-dealkylation sites (tertiary alicyclic amines) is 1. The van der Waals surface area contributed by atoms with Crippen LogP contribution in [0.1, 0.15) is 31.2 Å². The monoisotopic (exact) mass is 619 g/mol. The predicted molar refractivity (Wildman–Crippen MR) is 155 cm³/mol. The van der Waals surface area contributed by atoms with Crippen LogP contribution in [0, 0.1) is 18.8 Å². The van der Waals surface area contributed by atoms with Crippen LogP contribution >= 0.6 is 39.3 Å². The lowest BCUT2D eigenvalue weighted by Crippen LogP contribution is -2.52. The van der Waals surface area contributed by atoms with E-state index in [1.165, 1.54) is 0 Å². The Morgan fingerprint density at radius 1 is 1.11 bits per heavy atom. The number of anilines is 2. The van der Waals surface area contributed by atoms with Crippen LogP contribution in [-0.4, -0.2) is 61.7 Å². The first-order valence-corrected chi connectivity index (χ1v) is 15.1. The second-order valence-electron chi connectivity index (χ2n) is 10.3. The smallest absolute Gasteiger partial charge is 0.248 e. The number of aliphatic hydroxyl groups excluding tert-OH is 1. The van der Waals surface area contributed by atoms with Gasteiger partial charge in [-0.2, -0.15) is 0 Å². The van der Waals surface area contributed by atoms with Crippen LogP contribution in [0.3, 0.4) is 0 Å². The summed E-state index contributed by atoms with van der Waals surface area (Å²) in [6.07, 6.45) is 2.65. The summed E-state index contributed by atoms with van der Waals surface area (Å²) in [7, 11) is 0. The van der Waals surface area contributed by atoms with Gasteiger partial charge in [-0.1, -0.05) is 57.9 Å². The molecule has 2 aromatic carbocycles. The van der Waals surface area contributed by atoms with Gasteiger partial charge in [0.05, 0.1) is 27.3 Å². The van der Waals surface area contributed by atoms with Crippen molar-refractivity contribution in [3.8, 4) is 0 Å². The third-order valence-corrected chi connectivity index (χ3v) is 11.4. The highest BCUT2D eigenvalue weighted by Gasteiger charge is 2.75. The van der Waals surface area contributed by atoms with E-state index in [9.17, 15) is 19.5 Å². The van der Waals surface area contributed by atoms with Gasteiger partial charge in [0.1, 0.15) is 6.04 Å².